The summed E-state index contributed by atoms with van der Waals surface area (Å²) in [6.07, 6.45) is -0.224. The summed E-state index contributed by atoms with van der Waals surface area (Å²) in [5.41, 5.74) is 5.01. The van der Waals surface area contributed by atoms with Crippen LogP contribution >= 0.6 is 0 Å². The van der Waals surface area contributed by atoms with Crippen LogP contribution in [0.3, 0.4) is 0 Å². The monoisotopic (exact) mass is 167 g/mol. The van der Waals surface area contributed by atoms with Crippen LogP contribution in [0, 0.1) is 0 Å². The molecular weight excluding hydrogens is 158 g/mol. The molecule has 0 heterocycles. The normalized spacial score (nSPS) is 13.4. The van der Waals surface area contributed by atoms with Gasteiger partial charge in [0.15, 0.2) is 10.7 Å². The fourth-order valence-electron chi connectivity index (χ4n) is 0.377. The zero-order valence-electron chi connectivity index (χ0n) is 5.19. The molecule has 0 rings (SSSR count). The standard InChI is InChI=1S/C4H9NO4S/c5-3(10(8)9)1-2-4(6)7/h3,10H,1-2,5H2,(H,6,7). The Morgan fingerprint density at radius 3 is 2.40 bits per heavy atom. The fraction of sp³-hybridized carbons (Fsp3) is 0.750. The average Bonchev–Trinajstić information content (AvgIpc) is 1.82. The molecule has 6 heteroatoms. The molecule has 1 unspecified atom stereocenters. The Labute approximate surface area is 59.8 Å². The molecule has 0 aromatic rings. The van der Waals surface area contributed by atoms with Crippen LogP contribution in [0.2, 0.25) is 0 Å². The van der Waals surface area contributed by atoms with Crippen molar-refractivity contribution >= 4 is 16.7 Å². The van der Waals surface area contributed by atoms with Crippen molar-refractivity contribution in [3.8, 4) is 0 Å². The lowest BCUT2D eigenvalue weighted by molar-refractivity contribution is -0.137. The van der Waals surface area contributed by atoms with Crippen molar-refractivity contribution in [2.45, 2.75) is 18.2 Å². The van der Waals surface area contributed by atoms with Crippen molar-refractivity contribution in [1.82, 2.24) is 0 Å². The van der Waals surface area contributed by atoms with E-state index in [2.05, 4.69) is 0 Å². The third-order valence-electron chi connectivity index (χ3n) is 0.925. The third kappa shape index (κ3) is 4.28. The van der Waals surface area contributed by atoms with Crippen molar-refractivity contribution in [3.63, 3.8) is 0 Å². The Balaban J connectivity index is 3.59. The summed E-state index contributed by atoms with van der Waals surface area (Å²) >= 11 is 0. The molecule has 0 saturated carbocycles. The summed E-state index contributed by atoms with van der Waals surface area (Å²) in [5, 5.41) is 7.07. The molecule has 3 N–H and O–H groups in total. The molecule has 0 aliphatic heterocycles. The molecule has 0 saturated heterocycles. The number of rotatable bonds is 4. The van der Waals surface area contributed by atoms with Gasteiger partial charge >= 0.3 is 5.97 Å². The number of nitrogens with two attached hydrogens (primary N) is 1. The maximum absolute atomic E-state index is 10.0. The van der Waals surface area contributed by atoms with Gasteiger partial charge in [0.25, 0.3) is 0 Å². The van der Waals surface area contributed by atoms with Crippen molar-refractivity contribution in [2.75, 3.05) is 0 Å². The summed E-state index contributed by atoms with van der Waals surface area (Å²) in [4.78, 5) is 9.87. The Morgan fingerprint density at radius 2 is 2.10 bits per heavy atom. The molecule has 0 aliphatic rings. The number of aliphatic carboxylic acids is 1. The first-order valence-corrected chi connectivity index (χ1v) is 3.89. The van der Waals surface area contributed by atoms with Crippen molar-refractivity contribution in [3.05, 3.63) is 0 Å². The number of thiol groups is 1. The van der Waals surface area contributed by atoms with Crippen LogP contribution in [0.5, 0.6) is 0 Å². The summed E-state index contributed by atoms with van der Waals surface area (Å²) in [6, 6.07) is 0. The smallest absolute Gasteiger partial charge is 0.303 e. The van der Waals surface area contributed by atoms with E-state index in [1.165, 1.54) is 0 Å². The molecule has 1 atom stereocenters. The van der Waals surface area contributed by atoms with E-state index in [1.807, 2.05) is 0 Å². The van der Waals surface area contributed by atoms with Crippen molar-refractivity contribution in [2.24, 2.45) is 5.73 Å². The van der Waals surface area contributed by atoms with Gasteiger partial charge in [0.2, 0.25) is 0 Å². The predicted octanol–water partition coefficient (Wildman–Crippen LogP) is -1.25. The average molecular weight is 167 g/mol. The van der Waals surface area contributed by atoms with Gasteiger partial charge in [-0.05, 0) is 6.42 Å². The van der Waals surface area contributed by atoms with Crippen LogP contribution < -0.4 is 5.73 Å². The molecule has 5 nitrogen and oxygen atoms in total. The van der Waals surface area contributed by atoms with E-state index in [-0.39, 0.29) is 12.8 Å². The highest BCUT2D eigenvalue weighted by atomic mass is 32.2. The minimum absolute atomic E-state index is 0.0198. The lowest BCUT2D eigenvalue weighted by Gasteiger charge is -1.98. The lowest BCUT2D eigenvalue weighted by atomic mass is 10.3. The quantitative estimate of drug-likeness (QED) is 0.454. The van der Waals surface area contributed by atoms with Crippen molar-refractivity contribution < 1.29 is 18.3 Å². The molecule has 0 bridgehead atoms. The van der Waals surface area contributed by atoms with Gasteiger partial charge in [0, 0.05) is 6.42 Å². The van der Waals surface area contributed by atoms with E-state index >= 15 is 0 Å². The van der Waals surface area contributed by atoms with Gasteiger partial charge in [-0.25, -0.2) is 8.42 Å². The van der Waals surface area contributed by atoms with Gasteiger partial charge in [-0.15, -0.1) is 0 Å². The van der Waals surface area contributed by atoms with Gasteiger partial charge in [0.05, 0.1) is 0 Å². The van der Waals surface area contributed by atoms with E-state index in [1.54, 1.807) is 0 Å². The topological polar surface area (TPSA) is 97.5 Å². The van der Waals surface area contributed by atoms with E-state index < -0.39 is 22.0 Å². The van der Waals surface area contributed by atoms with E-state index in [0.717, 1.165) is 0 Å². The highest BCUT2D eigenvalue weighted by Gasteiger charge is 2.06. The molecule has 0 fully saturated rings. The van der Waals surface area contributed by atoms with Crippen molar-refractivity contribution in [1.29, 1.82) is 0 Å². The molecule has 0 aromatic heterocycles. The predicted molar refractivity (Wildman–Crippen MR) is 35.2 cm³/mol. The fourth-order valence-corrected chi connectivity index (χ4v) is 0.717. The maximum Gasteiger partial charge on any atom is 0.303 e. The summed E-state index contributed by atoms with van der Waals surface area (Å²) < 4.78 is 20.1. The molecular formula is C4H9NO4S. The molecule has 60 valence electrons. The minimum Gasteiger partial charge on any atom is -0.481 e. The Morgan fingerprint density at radius 1 is 1.60 bits per heavy atom. The van der Waals surface area contributed by atoms with Crippen LogP contribution in [-0.4, -0.2) is 24.9 Å². The number of hydrogen-bond donors (Lipinski definition) is 3. The van der Waals surface area contributed by atoms with Crippen LogP contribution in [-0.2, 0) is 15.5 Å². The summed E-state index contributed by atoms with van der Waals surface area (Å²) in [7, 11) is -2.68. The number of hydrogen-bond acceptors (Lipinski definition) is 4. The zero-order chi connectivity index (χ0) is 8.15. The van der Waals surface area contributed by atoms with Gasteiger partial charge in [0.1, 0.15) is 5.37 Å². The minimum atomic E-state index is -2.68. The van der Waals surface area contributed by atoms with Crippen LogP contribution in [0.4, 0.5) is 0 Å². The van der Waals surface area contributed by atoms with Crippen LogP contribution in [0.15, 0.2) is 0 Å². The van der Waals surface area contributed by atoms with Gasteiger partial charge < -0.3 is 10.8 Å². The third-order valence-corrected chi connectivity index (χ3v) is 1.72. The second-order valence-corrected chi connectivity index (χ2v) is 3.02. The molecule has 0 amide bonds. The number of carboxylic acids is 1. The van der Waals surface area contributed by atoms with Gasteiger partial charge in [-0.3, -0.25) is 4.79 Å². The first-order chi connectivity index (χ1) is 4.54. The second kappa shape index (κ2) is 4.24. The summed E-state index contributed by atoms with van der Waals surface area (Å²) in [5.74, 6) is -1.03. The molecule has 0 aliphatic carbocycles. The Bertz CT molecular complexity index is 180. The number of carboxylic acid groups (broad SMARTS) is 1. The second-order valence-electron chi connectivity index (χ2n) is 1.79. The highest BCUT2D eigenvalue weighted by Crippen LogP contribution is 1.93. The van der Waals surface area contributed by atoms with E-state index in [4.69, 9.17) is 10.8 Å². The Hall–Kier alpha value is -0.620. The highest BCUT2D eigenvalue weighted by molar-refractivity contribution is 7.73. The van der Waals surface area contributed by atoms with Crippen LogP contribution in [0.25, 0.3) is 0 Å². The van der Waals surface area contributed by atoms with Gasteiger partial charge in [-0.1, -0.05) is 0 Å². The molecule has 0 aromatic carbocycles. The van der Waals surface area contributed by atoms with E-state index in [0.29, 0.717) is 0 Å². The largest absolute Gasteiger partial charge is 0.481 e. The molecule has 10 heavy (non-hydrogen) atoms. The zero-order valence-corrected chi connectivity index (χ0v) is 6.08. The maximum atomic E-state index is 10.0. The molecule has 0 radical (unpaired) electrons. The van der Waals surface area contributed by atoms with E-state index in [9.17, 15) is 13.2 Å². The first kappa shape index (κ1) is 9.38. The van der Waals surface area contributed by atoms with Gasteiger partial charge in [-0.2, -0.15) is 0 Å². The Kier molecular flexibility index (Phi) is 3.97. The summed E-state index contributed by atoms with van der Waals surface area (Å²) in [6.45, 7) is 0. The molecule has 0 spiro atoms. The van der Waals surface area contributed by atoms with Crippen LogP contribution in [0.1, 0.15) is 12.8 Å². The lowest BCUT2D eigenvalue weighted by Crippen LogP contribution is -2.22. The first-order valence-electron chi connectivity index (χ1n) is 2.65. The number of carbonyl (C=O) groups is 1. The SMILES string of the molecule is NC(CCC(=O)O)[SH](=O)=O.